The maximum absolute atomic E-state index is 12.5. The van der Waals surface area contributed by atoms with Gasteiger partial charge in [0.25, 0.3) is 0 Å². The Bertz CT molecular complexity index is 725. The fourth-order valence-corrected chi connectivity index (χ4v) is 4.04. The number of nitrogens with zero attached hydrogens (tertiary/aromatic N) is 1. The van der Waals surface area contributed by atoms with Crippen LogP contribution in [0.5, 0.6) is 0 Å². The van der Waals surface area contributed by atoms with Crippen molar-refractivity contribution in [3.05, 3.63) is 36.7 Å². The van der Waals surface area contributed by atoms with Crippen molar-refractivity contribution in [2.24, 2.45) is 5.92 Å². The highest BCUT2D eigenvalue weighted by molar-refractivity contribution is 7.89. The van der Waals surface area contributed by atoms with Crippen LogP contribution in [0.3, 0.4) is 0 Å². The first-order valence-electron chi connectivity index (χ1n) is 7.20. The summed E-state index contributed by atoms with van der Waals surface area (Å²) < 4.78 is 27.7. The average Bonchev–Trinajstić information content (AvgIpc) is 3.00. The smallest absolute Gasteiger partial charge is 0.241 e. The van der Waals surface area contributed by atoms with Crippen molar-refractivity contribution in [2.45, 2.75) is 17.7 Å². The zero-order chi connectivity index (χ0) is 14.7. The lowest BCUT2D eigenvalue weighted by Gasteiger charge is -2.11. The fraction of sp³-hybridized carbons (Fsp3) is 0.400. The molecule has 1 atom stereocenters. The van der Waals surface area contributed by atoms with Gasteiger partial charge in [-0.15, -0.1) is 12.4 Å². The molecule has 0 radical (unpaired) electrons. The molecule has 1 unspecified atom stereocenters. The van der Waals surface area contributed by atoms with Crippen LogP contribution >= 0.6 is 12.4 Å². The summed E-state index contributed by atoms with van der Waals surface area (Å²) in [6, 6.07) is 7.00. The monoisotopic (exact) mass is 341 g/mol. The molecule has 1 aromatic heterocycles. The number of aromatic nitrogens is 1. The largest absolute Gasteiger partial charge is 0.316 e. The first kappa shape index (κ1) is 17.1. The quantitative estimate of drug-likeness (QED) is 0.871. The summed E-state index contributed by atoms with van der Waals surface area (Å²) in [5, 5.41) is 4.84. The molecule has 2 aromatic rings. The number of rotatable bonds is 5. The molecule has 1 aromatic carbocycles. The lowest BCUT2D eigenvalue weighted by Crippen LogP contribution is -2.26. The number of pyridine rings is 1. The molecule has 1 saturated heterocycles. The van der Waals surface area contributed by atoms with E-state index in [-0.39, 0.29) is 12.4 Å². The molecule has 1 aliphatic rings. The van der Waals surface area contributed by atoms with Crippen molar-refractivity contribution in [1.29, 1.82) is 0 Å². The van der Waals surface area contributed by atoms with E-state index in [0.29, 0.717) is 22.7 Å². The zero-order valence-electron chi connectivity index (χ0n) is 12.2. The Kier molecular flexibility index (Phi) is 5.74. The Hall–Kier alpha value is -1.21. The number of hydrogen-bond acceptors (Lipinski definition) is 4. The normalized spacial score (nSPS) is 18.3. The van der Waals surface area contributed by atoms with E-state index in [2.05, 4.69) is 15.0 Å². The number of hydrogen-bond donors (Lipinski definition) is 2. The maximum Gasteiger partial charge on any atom is 0.241 e. The van der Waals surface area contributed by atoms with Crippen LogP contribution in [-0.2, 0) is 10.0 Å². The fourth-order valence-electron chi connectivity index (χ4n) is 2.76. The molecule has 7 heteroatoms. The first-order valence-corrected chi connectivity index (χ1v) is 8.68. The second-order valence-corrected chi connectivity index (χ2v) is 7.13. The highest BCUT2D eigenvalue weighted by atomic mass is 35.5. The molecule has 0 amide bonds. The molecule has 3 rings (SSSR count). The summed E-state index contributed by atoms with van der Waals surface area (Å²) in [4.78, 5) is 4.35. The van der Waals surface area contributed by atoms with Crippen LogP contribution in [0.4, 0.5) is 0 Å². The zero-order valence-corrected chi connectivity index (χ0v) is 13.8. The van der Waals surface area contributed by atoms with Gasteiger partial charge in [0.05, 0.1) is 4.90 Å². The van der Waals surface area contributed by atoms with Gasteiger partial charge in [0.15, 0.2) is 0 Å². The third-order valence-corrected chi connectivity index (χ3v) is 5.46. The molecule has 0 aliphatic carbocycles. The number of sulfonamides is 1. The van der Waals surface area contributed by atoms with E-state index >= 15 is 0 Å². The minimum atomic E-state index is -3.48. The standard InChI is InChI=1S/C15H19N3O2S.ClH/c19-21(20,18-9-5-12-4-7-16-10-12)15-3-1-2-13-11-17-8-6-14(13)15;/h1-3,6,8,11-12,16,18H,4-5,7,9-10H2;1H. The highest BCUT2D eigenvalue weighted by Gasteiger charge is 2.19. The second-order valence-electron chi connectivity index (χ2n) is 5.40. The van der Waals surface area contributed by atoms with E-state index < -0.39 is 10.0 Å². The van der Waals surface area contributed by atoms with E-state index in [1.807, 2.05) is 6.07 Å². The predicted molar refractivity (Wildman–Crippen MR) is 89.8 cm³/mol. The minimum Gasteiger partial charge on any atom is -0.316 e. The van der Waals surface area contributed by atoms with Gasteiger partial charge in [-0.1, -0.05) is 12.1 Å². The number of halogens is 1. The Labute approximate surface area is 137 Å². The van der Waals surface area contributed by atoms with Crippen LogP contribution in [0.25, 0.3) is 10.8 Å². The number of benzene rings is 1. The van der Waals surface area contributed by atoms with Crippen LogP contribution in [0.2, 0.25) is 0 Å². The number of nitrogens with one attached hydrogen (secondary N) is 2. The Morgan fingerprint density at radius 1 is 1.32 bits per heavy atom. The van der Waals surface area contributed by atoms with Gasteiger partial charge in [-0.2, -0.15) is 0 Å². The lowest BCUT2D eigenvalue weighted by atomic mass is 10.1. The molecule has 5 nitrogen and oxygen atoms in total. The predicted octanol–water partition coefficient (Wildman–Crippen LogP) is 1.93. The molecule has 0 spiro atoms. The molecule has 1 aliphatic heterocycles. The van der Waals surface area contributed by atoms with Gasteiger partial charge in [-0.05, 0) is 44.0 Å². The summed E-state index contributed by atoms with van der Waals surface area (Å²) in [7, 11) is -3.48. The third-order valence-electron chi connectivity index (χ3n) is 3.94. The van der Waals surface area contributed by atoms with Crippen molar-refractivity contribution < 1.29 is 8.42 Å². The van der Waals surface area contributed by atoms with E-state index in [1.165, 1.54) is 0 Å². The maximum atomic E-state index is 12.5. The minimum absolute atomic E-state index is 0. The van der Waals surface area contributed by atoms with Gasteiger partial charge in [-0.3, -0.25) is 4.98 Å². The van der Waals surface area contributed by atoms with Crippen molar-refractivity contribution in [3.63, 3.8) is 0 Å². The van der Waals surface area contributed by atoms with Gasteiger partial charge in [0.2, 0.25) is 10.0 Å². The van der Waals surface area contributed by atoms with Crippen LogP contribution < -0.4 is 10.0 Å². The van der Waals surface area contributed by atoms with Gasteiger partial charge in [0.1, 0.15) is 0 Å². The summed E-state index contributed by atoms with van der Waals surface area (Å²) in [5.41, 5.74) is 0. The molecule has 0 saturated carbocycles. The van der Waals surface area contributed by atoms with Crippen LogP contribution in [0.1, 0.15) is 12.8 Å². The molecule has 2 heterocycles. The Balaban J connectivity index is 0.00000176. The van der Waals surface area contributed by atoms with Crippen LogP contribution in [-0.4, -0.2) is 33.0 Å². The van der Waals surface area contributed by atoms with Gasteiger partial charge in [0, 0.05) is 29.7 Å². The third kappa shape index (κ3) is 3.76. The molecule has 120 valence electrons. The summed E-state index contributed by atoms with van der Waals surface area (Å²) in [5.74, 6) is 0.574. The molecular weight excluding hydrogens is 322 g/mol. The first-order chi connectivity index (χ1) is 10.2. The molecular formula is C15H20ClN3O2S. The molecule has 0 bridgehead atoms. The van der Waals surface area contributed by atoms with Crippen LogP contribution in [0.15, 0.2) is 41.6 Å². The molecule has 2 N–H and O–H groups in total. The van der Waals surface area contributed by atoms with Crippen molar-refractivity contribution in [1.82, 2.24) is 15.0 Å². The van der Waals surface area contributed by atoms with Gasteiger partial charge in [-0.25, -0.2) is 13.1 Å². The summed E-state index contributed by atoms with van der Waals surface area (Å²) in [6.45, 7) is 2.51. The van der Waals surface area contributed by atoms with E-state index in [1.54, 1.807) is 30.6 Å². The van der Waals surface area contributed by atoms with Crippen LogP contribution in [0, 0.1) is 5.92 Å². The average molecular weight is 342 g/mol. The topological polar surface area (TPSA) is 71.1 Å². The lowest BCUT2D eigenvalue weighted by molar-refractivity contribution is 0.519. The second kappa shape index (κ2) is 7.37. The summed E-state index contributed by atoms with van der Waals surface area (Å²) in [6.07, 6.45) is 5.30. The Morgan fingerprint density at radius 3 is 2.95 bits per heavy atom. The Morgan fingerprint density at radius 2 is 2.18 bits per heavy atom. The van der Waals surface area contributed by atoms with E-state index in [9.17, 15) is 8.42 Å². The van der Waals surface area contributed by atoms with Crippen molar-refractivity contribution in [3.8, 4) is 0 Å². The van der Waals surface area contributed by atoms with Gasteiger partial charge >= 0.3 is 0 Å². The van der Waals surface area contributed by atoms with Crippen molar-refractivity contribution in [2.75, 3.05) is 19.6 Å². The van der Waals surface area contributed by atoms with E-state index in [4.69, 9.17) is 0 Å². The highest BCUT2D eigenvalue weighted by Crippen LogP contribution is 2.22. The molecule has 22 heavy (non-hydrogen) atoms. The summed E-state index contributed by atoms with van der Waals surface area (Å²) >= 11 is 0. The van der Waals surface area contributed by atoms with Gasteiger partial charge < -0.3 is 5.32 Å². The molecule has 1 fully saturated rings. The SMILES string of the molecule is Cl.O=S(=O)(NCCC1CCNC1)c1cccc2cnccc12. The van der Waals surface area contributed by atoms with Crippen molar-refractivity contribution >= 4 is 33.2 Å². The van der Waals surface area contributed by atoms with E-state index in [0.717, 1.165) is 31.3 Å². The number of fused-ring (bicyclic) bond motifs is 1.